The molecule has 2 rings (SSSR count). The van der Waals surface area contributed by atoms with Crippen LogP contribution in [0.3, 0.4) is 0 Å². The van der Waals surface area contributed by atoms with Gasteiger partial charge < -0.3 is 20.9 Å². The number of thioether (sulfide) groups is 1. The standard InChI is InChI=1S/C28H40F2N4O5S/c1-17-10-9-13-20(17)14-34(26(39)23(31-16-35)28(3,4)5)15-21(36)33-25(40-27(29)30)22(37)24(38)32-18(2)19-11-7-6-8-12-19/h6-8,11-12,16-18,20,23,25,27H,9-10,13-15H2,1-5H3,(H,31,35)(H,32,38)(H,33,36)/t17-,18-,20-,23?,25?/m0/s1. The van der Waals surface area contributed by atoms with Crippen molar-refractivity contribution in [2.45, 2.75) is 77.1 Å². The first-order valence-electron chi connectivity index (χ1n) is 13.4. The molecule has 1 aliphatic carbocycles. The Labute approximate surface area is 238 Å². The molecule has 9 nitrogen and oxygen atoms in total. The number of carbonyl (C=O) groups is 5. The first kappa shape index (κ1) is 33.2. The van der Waals surface area contributed by atoms with Crippen molar-refractivity contribution in [1.82, 2.24) is 20.9 Å². The zero-order valence-electron chi connectivity index (χ0n) is 23.6. The van der Waals surface area contributed by atoms with E-state index in [4.69, 9.17) is 0 Å². The number of ketones is 1. The largest absolute Gasteiger partial charge is 0.346 e. The molecule has 12 heteroatoms. The molecule has 2 unspecified atom stereocenters. The van der Waals surface area contributed by atoms with E-state index in [9.17, 15) is 32.8 Å². The summed E-state index contributed by atoms with van der Waals surface area (Å²) in [4.78, 5) is 64.6. The van der Waals surface area contributed by atoms with Gasteiger partial charge in [0.1, 0.15) is 11.4 Å². The van der Waals surface area contributed by atoms with Gasteiger partial charge in [-0.3, -0.25) is 24.0 Å². The Hall–Kier alpha value is -3.02. The highest BCUT2D eigenvalue weighted by Gasteiger charge is 2.38. The molecule has 0 saturated heterocycles. The lowest BCUT2D eigenvalue weighted by atomic mass is 9.85. The number of Topliss-reactive ketones (excluding diaryl/α,β-unsaturated/α-hetero) is 1. The highest BCUT2D eigenvalue weighted by Crippen LogP contribution is 2.32. The van der Waals surface area contributed by atoms with Gasteiger partial charge in [-0.25, -0.2) is 0 Å². The molecular formula is C28H40F2N4O5S. The first-order chi connectivity index (χ1) is 18.7. The molecule has 0 radical (unpaired) electrons. The predicted octanol–water partition coefficient (Wildman–Crippen LogP) is 3.26. The van der Waals surface area contributed by atoms with Gasteiger partial charge in [0.2, 0.25) is 18.2 Å². The van der Waals surface area contributed by atoms with Crippen LogP contribution in [0, 0.1) is 17.3 Å². The Morgan fingerprint density at radius 3 is 2.27 bits per heavy atom. The summed E-state index contributed by atoms with van der Waals surface area (Å²) in [6.45, 7) is 8.72. The summed E-state index contributed by atoms with van der Waals surface area (Å²) < 4.78 is 26.7. The third-order valence-corrected chi connectivity index (χ3v) is 7.94. The van der Waals surface area contributed by atoms with Crippen molar-refractivity contribution in [2.75, 3.05) is 13.1 Å². The Kier molecular flexibility index (Phi) is 12.5. The van der Waals surface area contributed by atoms with Crippen molar-refractivity contribution in [1.29, 1.82) is 0 Å². The van der Waals surface area contributed by atoms with Crippen LogP contribution in [0.5, 0.6) is 0 Å². The van der Waals surface area contributed by atoms with Gasteiger partial charge in [0, 0.05) is 6.54 Å². The van der Waals surface area contributed by atoms with E-state index in [1.807, 2.05) is 0 Å². The van der Waals surface area contributed by atoms with E-state index in [1.165, 1.54) is 4.90 Å². The summed E-state index contributed by atoms with van der Waals surface area (Å²) in [6, 6.07) is 7.26. The number of hydrogen-bond acceptors (Lipinski definition) is 6. The van der Waals surface area contributed by atoms with Gasteiger partial charge in [-0.15, -0.1) is 0 Å². The van der Waals surface area contributed by atoms with Crippen LogP contribution < -0.4 is 16.0 Å². The quantitative estimate of drug-likeness (QED) is 0.176. The van der Waals surface area contributed by atoms with Gasteiger partial charge in [-0.2, -0.15) is 8.78 Å². The summed E-state index contributed by atoms with van der Waals surface area (Å²) in [6.07, 6.45) is 3.24. The molecule has 1 aliphatic rings. The number of alkyl halides is 2. The molecule has 0 spiro atoms. The number of nitrogens with zero attached hydrogens (tertiary/aromatic N) is 1. The molecule has 0 heterocycles. The maximum absolute atomic E-state index is 13.5. The van der Waals surface area contributed by atoms with Crippen LogP contribution in [0.25, 0.3) is 0 Å². The van der Waals surface area contributed by atoms with E-state index in [2.05, 4.69) is 22.9 Å². The van der Waals surface area contributed by atoms with Crippen LogP contribution in [-0.2, 0) is 24.0 Å². The van der Waals surface area contributed by atoms with Gasteiger partial charge in [-0.05, 0) is 36.2 Å². The first-order valence-corrected chi connectivity index (χ1v) is 14.3. The second-order valence-electron chi connectivity index (χ2n) is 11.3. The van der Waals surface area contributed by atoms with E-state index in [1.54, 1.807) is 58.0 Å². The predicted molar refractivity (Wildman–Crippen MR) is 149 cm³/mol. The number of rotatable bonds is 14. The summed E-state index contributed by atoms with van der Waals surface area (Å²) in [5.74, 6) is -6.34. The number of halogens is 2. The maximum Gasteiger partial charge on any atom is 0.291 e. The Morgan fingerprint density at radius 1 is 1.10 bits per heavy atom. The van der Waals surface area contributed by atoms with Crippen LogP contribution in [-0.4, -0.2) is 65.1 Å². The molecule has 1 aromatic rings. The topological polar surface area (TPSA) is 125 Å². The highest BCUT2D eigenvalue weighted by molar-refractivity contribution is 8.01. The van der Waals surface area contributed by atoms with Crippen LogP contribution in [0.2, 0.25) is 0 Å². The van der Waals surface area contributed by atoms with Crippen LogP contribution in [0.15, 0.2) is 30.3 Å². The summed E-state index contributed by atoms with van der Waals surface area (Å²) in [5.41, 5.74) is 0.0318. The second kappa shape index (κ2) is 15.1. The number of nitrogens with one attached hydrogen (secondary N) is 3. The monoisotopic (exact) mass is 582 g/mol. The zero-order chi connectivity index (χ0) is 30.0. The summed E-state index contributed by atoms with van der Waals surface area (Å²) in [5, 5.41) is 5.37. The normalized spacial score (nSPS) is 19.3. The fraction of sp³-hybridized carbons (Fsp3) is 0.607. The summed E-state index contributed by atoms with van der Waals surface area (Å²) in [7, 11) is 0. The molecule has 5 atom stereocenters. The van der Waals surface area contributed by atoms with Crippen LogP contribution >= 0.6 is 11.8 Å². The molecule has 4 amide bonds. The number of amides is 4. The van der Waals surface area contributed by atoms with E-state index in [0.29, 0.717) is 17.9 Å². The molecule has 0 aromatic heterocycles. The number of hydrogen-bond donors (Lipinski definition) is 3. The molecule has 1 saturated carbocycles. The lowest BCUT2D eigenvalue weighted by molar-refractivity contribution is -0.142. The molecule has 3 N–H and O–H groups in total. The summed E-state index contributed by atoms with van der Waals surface area (Å²) >= 11 is -0.163. The highest BCUT2D eigenvalue weighted by atomic mass is 32.2. The Balaban J connectivity index is 2.19. The average Bonchev–Trinajstić information content (AvgIpc) is 3.29. The second-order valence-corrected chi connectivity index (χ2v) is 12.4. The van der Waals surface area contributed by atoms with Crippen molar-refractivity contribution >= 4 is 41.7 Å². The van der Waals surface area contributed by atoms with Crippen molar-refractivity contribution < 1.29 is 32.8 Å². The smallest absolute Gasteiger partial charge is 0.291 e. The third kappa shape index (κ3) is 9.87. The molecule has 1 fully saturated rings. The van der Waals surface area contributed by atoms with Gasteiger partial charge in [0.05, 0.1) is 12.6 Å². The fourth-order valence-corrected chi connectivity index (χ4v) is 5.43. The van der Waals surface area contributed by atoms with Gasteiger partial charge in [0.15, 0.2) is 0 Å². The van der Waals surface area contributed by atoms with Crippen molar-refractivity contribution in [3.8, 4) is 0 Å². The minimum Gasteiger partial charge on any atom is -0.346 e. The minimum absolute atomic E-state index is 0.117. The van der Waals surface area contributed by atoms with Crippen molar-refractivity contribution in [3.05, 3.63) is 35.9 Å². The number of carbonyl (C=O) groups excluding carboxylic acids is 5. The molecule has 222 valence electrons. The lowest BCUT2D eigenvalue weighted by Gasteiger charge is -2.35. The lowest BCUT2D eigenvalue weighted by Crippen LogP contribution is -2.56. The van der Waals surface area contributed by atoms with Crippen molar-refractivity contribution in [2.24, 2.45) is 17.3 Å². The SMILES string of the molecule is C[C@H](NC(=O)C(=O)C(NC(=O)CN(C[C@@H]1CCC[C@@H]1C)C(=O)C(NC=O)C(C)(C)C)SC(F)F)c1ccccc1. The molecule has 40 heavy (non-hydrogen) atoms. The third-order valence-electron chi connectivity index (χ3n) is 7.13. The van der Waals surface area contributed by atoms with E-state index in [0.717, 1.165) is 19.3 Å². The van der Waals surface area contributed by atoms with Gasteiger partial charge >= 0.3 is 0 Å². The zero-order valence-corrected chi connectivity index (χ0v) is 24.4. The van der Waals surface area contributed by atoms with Crippen molar-refractivity contribution in [3.63, 3.8) is 0 Å². The van der Waals surface area contributed by atoms with Crippen LogP contribution in [0.1, 0.15) is 65.5 Å². The van der Waals surface area contributed by atoms with E-state index in [-0.39, 0.29) is 24.2 Å². The number of benzene rings is 1. The molecule has 0 bridgehead atoms. The molecule has 0 aliphatic heterocycles. The van der Waals surface area contributed by atoms with E-state index >= 15 is 0 Å². The van der Waals surface area contributed by atoms with Crippen LogP contribution in [0.4, 0.5) is 8.78 Å². The minimum atomic E-state index is -3.05. The fourth-order valence-electron chi connectivity index (χ4n) is 4.79. The molecule has 1 aromatic carbocycles. The van der Waals surface area contributed by atoms with E-state index < -0.39 is 58.7 Å². The van der Waals surface area contributed by atoms with Gasteiger partial charge in [0.25, 0.3) is 17.4 Å². The Bertz CT molecular complexity index is 1040. The maximum atomic E-state index is 13.5. The Morgan fingerprint density at radius 2 is 1.75 bits per heavy atom. The van der Waals surface area contributed by atoms with Gasteiger partial charge in [-0.1, -0.05) is 82.6 Å². The average molecular weight is 583 g/mol. The molecular weight excluding hydrogens is 542 g/mol.